The third-order valence-electron chi connectivity index (χ3n) is 3.38. The summed E-state index contributed by atoms with van der Waals surface area (Å²) in [6.45, 7) is 7.99. The van der Waals surface area contributed by atoms with E-state index in [1.54, 1.807) is 17.6 Å². The quantitative estimate of drug-likeness (QED) is 0.452. The molecule has 0 spiro atoms. The van der Waals surface area contributed by atoms with Crippen LogP contribution in [0.3, 0.4) is 0 Å². The van der Waals surface area contributed by atoms with Crippen molar-refractivity contribution in [1.29, 1.82) is 0 Å². The molecule has 0 amide bonds. The smallest absolute Gasteiger partial charge is 0.204 e. The molecule has 1 heterocycles. The number of ether oxygens (including phenoxy) is 2. The number of hydrazone groups is 1. The average Bonchev–Trinajstić information content (AvgIpc) is 2.98. The first-order chi connectivity index (χ1) is 12.5. The Labute approximate surface area is 157 Å². The molecule has 0 radical (unpaired) electrons. The fourth-order valence-electron chi connectivity index (χ4n) is 2.40. The summed E-state index contributed by atoms with van der Waals surface area (Å²) < 4.78 is 12.8. The van der Waals surface area contributed by atoms with Gasteiger partial charge < -0.3 is 9.47 Å². The van der Waals surface area contributed by atoms with Crippen molar-refractivity contribution in [3.63, 3.8) is 0 Å². The molecule has 0 aliphatic rings. The number of benzene rings is 2. The molecule has 2 aromatic carbocycles. The molecule has 1 aromatic heterocycles. The molecule has 3 rings (SSSR count). The van der Waals surface area contributed by atoms with E-state index in [4.69, 9.17) is 9.47 Å². The number of hydrogen-bond acceptors (Lipinski definition) is 6. The lowest BCUT2D eigenvalue weighted by molar-refractivity contribution is 0.229. The van der Waals surface area contributed by atoms with Gasteiger partial charge in [-0.2, -0.15) is 5.10 Å². The zero-order valence-corrected chi connectivity index (χ0v) is 16.2. The van der Waals surface area contributed by atoms with E-state index in [-0.39, 0.29) is 12.2 Å². The summed E-state index contributed by atoms with van der Waals surface area (Å²) >= 11 is 1.57. The second kappa shape index (κ2) is 8.19. The Kier molecular flexibility index (Phi) is 5.73. The third-order valence-corrected chi connectivity index (χ3v) is 4.32. The minimum atomic E-state index is 0.0636. The predicted molar refractivity (Wildman–Crippen MR) is 109 cm³/mol. The highest BCUT2D eigenvalue weighted by Crippen LogP contribution is 2.27. The first-order valence-electron chi connectivity index (χ1n) is 8.63. The minimum Gasteiger partial charge on any atom is -0.491 e. The van der Waals surface area contributed by atoms with Gasteiger partial charge in [-0.25, -0.2) is 4.98 Å². The van der Waals surface area contributed by atoms with Gasteiger partial charge in [0.15, 0.2) is 0 Å². The lowest BCUT2D eigenvalue weighted by Crippen LogP contribution is -2.09. The van der Waals surface area contributed by atoms with Crippen LogP contribution >= 0.6 is 11.3 Å². The van der Waals surface area contributed by atoms with E-state index in [0.29, 0.717) is 0 Å². The summed E-state index contributed by atoms with van der Waals surface area (Å²) in [4.78, 5) is 4.50. The molecule has 0 aliphatic heterocycles. The fourth-order valence-corrected chi connectivity index (χ4v) is 3.22. The van der Waals surface area contributed by atoms with Crippen LogP contribution in [0.25, 0.3) is 10.2 Å². The Bertz CT molecular complexity index is 870. The van der Waals surface area contributed by atoms with Gasteiger partial charge in [0, 0.05) is 11.6 Å². The zero-order valence-electron chi connectivity index (χ0n) is 15.4. The van der Waals surface area contributed by atoms with Crippen molar-refractivity contribution in [2.45, 2.75) is 39.9 Å². The van der Waals surface area contributed by atoms with E-state index in [0.717, 1.165) is 32.4 Å². The summed E-state index contributed by atoms with van der Waals surface area (Å²) in [5, 5.41) is 5.08. The van der Waals surface area contributed by atoms with Gasteiger partial charge in [-0.05, 0) is 52.0 Å². The Hall–Kier alpha value is -2.60. The molecule has 3 aromatic rings. The normalized spacial score (nSPS) is 11.6. The molecule has 0 aliphatic carbocycles. The maximum atomic E-state index is 5.91. The second-order valence-electron chi connectivity index (χ2n) is 6.39. The lowest BCUT2D eigenvalue weighted by Gasteiger charge is -2.15. The summed E-state index contributed by atoms with van der Waals surface area (Å²) in [7, 11) is 0. The number of nitrogens with zero attached hydrogens (tertiary/aromatic N) is 2. The van der Waals surface area contributed by atoms with Gasteiger partial charge in [-0.3, -0.25) is 5.43 Å². The number of fused-ring (bicyclic) bond motifs is 1. The van der Waals surface area contributed by atoms with Crippen LogP contribution in [0.2, 0.25) is 0 Å². The van der Waals surface area contributed by atoms with Crippen LogP contribution in [-0.4, -0.2) is 23.4 Å². The molecule has 1 N–H and O–H groups in total. The molecular weight excluding hydrogens is 346 g/mol. The Morgan fingerprint density at radius 2 is 1.81 bits per heavy atom. The molecular formula is C20H23N3O2S. The topological polar surface area (TPSA) is 55.7 Å². The van der Waals surface area contributed by atoms with E-state index >= 15 is 0 Å². The van der Waals surface area contributed by atoms with Crippen molar-refractivity contribution in [3.05, 3.63) is 48.0 Å². The maximum Gasteiger partial charge on any atom is 0.204 e. The predicted octanol–water partition coefficient (Wildman–Crippen LogP) is 5.32. The van der Waals surface area contributed by atoms with E-state index in [1.807, 2.05) is 70.2 Å². The SMILES string of the molecule is CC(C)Oc1ccc(/C=N/Nc2nc3ccccc3s2)c(OC(C)C)c1. The molecule has 0 saturated carbocycles. The Morgan fingerprint density at radius 3 is 2.54 bits per heavy atom. The molecule has 0 fully saturated rings. The van der Waals surface area contributed by atoms with Gasteiger partial charge in [0.05, 0.1) is 28.6 Å². The lowest BCUT2D eigenvalue weighted by atomic mass is 10.2. The maximum absolute atomic E-state index is 5.91. The van der Waals surface area contributed by atoms with E-state index in [1.165, 1.54) is 0 Å². The monoisotopic (exact) mass is 369 g/mol. The number of anilines is 1. The molecule has 6 heteroatoms. The van der Waals surface area contributed by atoms with E-state index in [2.05, 4.69) is 15.5 Å². The van der Waals surface area contributed by atoms with Crippen LogP contribution in [-0.2, 0) is 0 Å². The summed E-state index contributed by atoms with van der Waals surface area (Å²) in [5.74, 6) is 1.53. The van der Waals surface area contributed by atoms with Crippen LogP contribution in [0.1, 0.15) is 33.3 Å². The van der Waals surface area contributed by atoms with Crippen molar-refractivity contribution in [2.24, 2.45) is 5.10 Å². The van der Waals surface area contributed by atoms with Crippen LogP contribution in [0.4, 0.5) is 5.13 Å². The van der Waals surface area contributed by atoms with Gasteiger partial charge in [0.1, 0.15) is 11.5 Å². The van der Waals surface area contributed by atoms with E-state index < -0.39 is 0 Å². The van der Waals surface area contributed by atoms with Crippen LogP contribution in [0, 0.1) is 0 Å². The third kappa shape index (κ3) is 4.73. The van der Waals surface area contributed by atoms with Crippen LogP contribution in [0.5, 0.6) is 11.5 Å². The zero-order chi connectivity index (χ0) is 18.5. The van der Waals surface area contributed by atoms with Crippen molar-refractivity contribution in [1.82, 2.24) is 4.98 Å². The number of nitrogens with one attached hydrogen (secondary N) is 1. The standard InChI is InChI=1S/C20H23N3O2S/c1-13(2)24-16-10-9-15(18(11-16)25-14(3)4)12-21-23-20-22-17-7-5-6-8-19(17)26-20/h5-14H,1-4H3,(H,22,23)/b21-12+. The Morgan fingerprint density at radius 1 is 1.04 bits per heavy atom. The van der Waals surface area contributed by atoms with Gasteiger partial charge in [-0.15, -0.1) is 0 Å². The van der Waals surface area contributed by atoms with Crippen LogP contribution in [0.15, 0.2) is 47.6 Å². The molecule has 0 saturated heterocycles. The average molecular weight is 369 g/mol. The summed E-state index contributed by atoms with van der Waals surface area (Å²) in [6.07, 6.45) is 1.92. The first-order valence-corrected chi connectivity index (χ1v) is 9.45. The first kappa shape index (κ1) is 18.2. The molecule has 0 atom stereocenters. The molecule has 0 unspecified atom stereocenters. The highest BCUT2D eigenvalue weighted by molar-refractivity contribution is 7.22. The summed E-state index contributed by atoms with van der Waals surface area (Å²) in [5.41, 5.74) is 4.85. The van der Waals surface area contributed by atoms with E-state index in [9.17, 15) is 0 Å². The second-order valence-corrected chi connectivity index (χ2v) is 7.42. The number of rotatable bonds is 7. The van der Waals surface area contributed by atoms with Crippen molar-refractivity contribution in [2.75, 3.05) is 5.43 Å². The van der Waals surface area contributed by atoms with Crippen molar-refractivity contribution >= 4 is 32.9 Å². The highest BCUT2D eigenvalue weighted by Gasteiger charge is 2.08. The molecule has 5 nitrogen and oxygen atoms in total. The van der Waals surface area contributed by atoms with Crippen molar-refractivity contribution < 1.29 is 9.47 Å². The largest absolute Gasteiger partial charge is 0.491 e. The van der Waals surface area contributed by atoms with Gasteiger partial charge in [-0.1, -0.05) is 23.5 Å². The fraction of sp³-hybridized carbons (Fsp3) is 0.300. The molecule has 0 bridgehead atoms. The Balaban J connectivity index is 1.77. The number of hydrogen-bond donors (Lipinski definition) is 1. The number of aromatic nitrogens is 1. The molecule has 26 heavy (non-hydrogen) atoms. The minimum absolute atomic E-state index is 0.0636. The van der Waals surface area contributed by atoms with Crippen LogP contribution < -0.4 is 14.9 Å². The van der Waals surface area contributed by atoms with Crippen molar-refractivity contribution in [3.8, 4) is 11.5 Å². The number of para-hydroxylation sites is 1. The van der Waals surface area contributed by atoms with Gasteiger partial charge in [0.25, 0.3) is 0 Å². The number of thiazole rings is 1. The highest BCUT2D eigenvalue weighted by atomic mass is 32.1. The van der Waals surface area contributed by atoms with Gasteiger partial charge in [0.2, 0.25) is 5.13 Å². The molecule has 136 valence electrons. The summed E-state index contributed by atoms with van der Waals surface area (Å²) in [6, 6.07) is 13.8. The van der Waals surface area contributed by atoms with Gasteiger partial charge >= 0.3 is 0 Å².